The fourth-order valence-electron chi connectivity index (χ4n) is 2.52. The first-order chi connectivity index (χ1) is 9.49. The molecule has 3 N–H and O–H groups in total. The fourth-order valence-corrected chi connectivity index (χ4v) is 2.52. The van der Waals surface area contributed by atoms with Crippen molar-refractivity contribution in [1.29, 1.82) is 0 Å². The lowest BCUT2D eigenvalue weighted by atomic mass is 10.00. The topological polar surface area (TPSA) is 52.5 Å². The highest BCUT2D eigenvalue weighted by Gasteiger charge is 2.15. The molecule has 3 nitrogen and oxygen atoms in total. The number of rotatable bonds is 4. The maximum Gasteiger partial charge on any atom is 0.120 e. The van der Waals surface area contributed by atoms with Crippen molar-refractivity contribution in [1.82, 2.24) is 5.32 Å². The van der Waals surface area contributed by atoms with Gasteiger partial charge in [-0.05, 0) is 50.1 Å². The lowest BCUT2D eigenvalue weighted by Gasteiger charge is -2.22. The van der Waals surface area contributed by atoms with Gasteiger partial charge in [-0.25, -0.2) is 0 Å². The van der Waals surface area contributed by atoms with Crippen LogP contribution in [0.3, 0.4) is 0 Å². The zero-order valence-electron chi connectivity index (χ0n) is 12.1. The molecule has 0 aliphatic heterocycles. The zero-order valence-corrected chi connectivity index (χ0v) is 12.1. The van der Waals surface area contributed by atoms with E-state index in [4.69, 9.17) is 0 Å². The quantitative estimate of drug-likeness (QED) is 0.741. The summed E-state index contributed by atoms with van der Waals surface area (Å²) in [7, 11) is 0. The summed E-state index contributed by atoms with van der Waals surface area (Å²) in [4.78, 5) is 0. The van der Waals surface area contributed by atoms with E-state index >= 15 is 0 Å². The monoisotopic (exact) mass is 271 g/mol. The number of phenolic OH excluding ortho intramolecular Hbond substituents is 2. The molecule has 3 heteroatoms. The Morgan fingerprint density at radius 2 is 1.55 bits per heavy atom. The van der Waals surface area contributed by atoms with Gasteiger partial charge in [0, 0.05) is 17.6 Å². The second-order valence-corrected chi connectivity index (χ2v) is 5.21. The number of aryl methyl sites for hydroxylation is 1. The molecule has 0 aliphatic rings. The number of hydrogen-bond donors (Lipinski definition) is 3. The van der Waals surface area contributed by atoms with E-state index in [1.807, 2.05) is 19.1 Å². The lowest BCUT2D eigenvalue weighted by Crippen LogP contribution is -2.23. The van der Waals surface area contributed by atoms with Gasteiger partial charge in [-0.15, -0.1) is 0 Å². The van der Waals surface area contributed by atoms with Crippen molar-refractivity contribution < 1.29 is 10.2 Å². The van der Waals surface area contributed by atoms with Crippen LogP contribution in [0.4, 0.5) is 0 Å². The van der Waals surface area contributed by atoms with Gasteiger partial charge in [0.25, 0.3) is 0 Å². The molecule has 2 rings (SSSR count). The Bertz CT molecular complexity index is 595. The number of hydrogen-bond acceptors (Lipinski definition) is 3. The average molecular weight is 271 g/mol. The minimum atomic E-state index is -0.0586. The van der Waals surface area contributed by atoms with Gasteiger partial charge in [0.2, 0.25) is 0 Å². The van der Waals surface area contributed by atoms with Crippen LogP contribution < -0.4 is 5.32 Å². The number of aromatic hydroxyl groups is 2. The van der Waals surface area contributed by atoms with Crippen molar-refractivity contribution in [3.05, 3.63) is 59.2 Å². The second-order valence-electron chi connectivity index (χ2n) is 5.21. The highest BCUT2D eigenvalue weighted by atomic mass is 16.3. The van der Waals surface area contributed by atoms with Gasteiger partial charge in [0.05, 0.1) is 0 Å². The van der Waals surface area contributed by atoms with E-state index in [2.05, 4.69) is 31.3 Å². The maximum absolute atomic E-state index is 9.89. The first kappa shape index (κ1) is 14.4. The third kappa shape index (κ3) is 3.11. The summed E-state index contributed by atoms with van der Waals surface area (Å²) < 4.78 is 0. The molecule has 0 fully saturated rings. The molecule has 0 heterocycles. The van der Waals surface area contributed by atoms with Crippen LogP contribution in [0.15, 0.2) is 42.5 Å². The van der Waals surface area contributed by atoms with Crippen molar-refractivity contribution in [2.75, 3.05) is 0 Å². The van der Waals surface area contributed by atoms with Crippen LogP contribution in [-0.4, -0.2) is 10.2 Å². The highest BCUT2D eigenvalue weighted by Crippen LogP contribution is 2.29. The fraction of sp³-hybridized carbons (Fsp3) is 0.294. The van der Waals surface area contributed by atoms with E-state index in [1.165, 1.54) is 23.3 Å². The summed E-state index contributed by atoms with van der Waals surface area (Å²) in [5.41, 5.74) is 3.17. The first-order valence-corrected chi connectivity index (χ1v) is 6.82. The molecule has 2 aromatic carbocycles. The molecular weight excluding hydrogens is 250 g/mol. The molecule has 2 atom stereocenters. The Balaban J connectivity index is 2.17. The smallest absolute Gasteiger partial charge is 0.120 e. The largest absolute Gasteiger partial charge is 0.508 e. The maximum atomic E-state index is 9.89. The van der Waals surface area contributed by atoms with Gasteiger partial charge in [-0.1, -0.05) is 24.3 Å². The Morgan fingerprint density at radius 1 is 0.900 bits per heavy atom. The van der Waals surface area contributed by atoms with Gasteiger partial charge < -0.3 is 15.5 Å². The normalized spacial score (nSPS) is 13.9. The molecule has 0 bridgehead atoms. The van der Waals surface area contributed by atoms with Crippen LogP contribution in [0.1, 0.15) is 42.6 Å². The predicted molar refractivity (Wildman–Crippen MR) is 80.9 cm³/mol. The van der Waals surface area contributed by atoms with Crippen molar-refractivity contribution in [2.45, 2.75) is 32.9 Å². The number of benzene rings is 2. The molecule has 106 valence electrons. The second kappa shape index (κ2) is 5.97. The minimum absolute atomic E-state index is 0.0586. The van der Waals surface area contributed by atoms with E-state index in [9.17, 15) is 10.2 Å². The zero-order chi connectivity index (χ0) is 14.7. The van der Waals surface area contributed by atoms with Gasteiger partial charge >= 0.3 is 0 Å². The van der Waals surface area contributed by atoms with Gasteiger partial charge in [0.15, 0.2) is 0 Å². The third-order valence-electron chi connectivity index (χ3n) is 3.63. The van der Waals surface area contributed by atoms with Crippen molar-refractivity contribution in [3.8, 4) is 11.5 Å². The van der Waals surface area contributed by atoms with Crippen LogP contribution in [0.25, 0.3) is 0 Å². The standard InChI is InChI=1S/C17H21NO2/c1-11-6-4-5-7-15(11)12(2)18-13(3)16-10-14(19)8-9-17(16)20/h4-10,12-13,18-20H,1-3H3/t12-,13?/m0/s1. The Hall–Kier alpha value is -2.00. The third-order valence-corrected chi connectivity index (χ3v) is 3.63. The van der Waals surface area contributed by atoms with Gasteiger partial charge in [-0.3, -0.25) is 0 Å². The van der Waals surface area contributed by atoms with Crippen LogP contribution in [0.5, 0.6) is 11.5 Å². The molecule has 0 amide bonds. The number of nitrogens with one attached hydrogen (secondary N) is 1. The summed E-state index contributed by atoms with van der Waals surface area (Å²) in [6.07, 6.45) is 0. The molecule has 0 aromatic heterocycles. The Kier molecular flexibility index (Phi) is 4.30. The molecule has 2 aromatic rings. The van der Waals surface area contributed by atoms with Crippen molar-refractivity contribution in [3.63, 3.8) is 0 Å². The van der Waals surface area contributed by atoms with Gasteiger partial charge in [0.1, 0.15) is 11.5 Å². The van der Waals surface area contributed by atoms with E-state index in [0.717, 1.165) is 0 Å². The summed E-state index contributed by atoms with van der Waals surface area (Å²) >= 11 is 0. The summed E-state index contributed by atoms with van der Waals surface area (Å²) in [5, 5.41) is 22.9. The Morgan fingerprint density at radius 3 is 2.25 bits per heavy atom. The summed E-state index contributed by atoms with van der Waals surface area (Å²) in [5.74, 6) is 0.356. The van der Waals surface area contributed by atoms with E-state index in [1.54, 1.807) is 6.07 Å². The van der Waals surface area contributed by atoms with Crippen LogP contribution in [0.2, 0.25) is 0 Å². The average Bonchev–Trinajstić information content (AvgIpc) is 2.41. The van der Waals surface area contributed by atoms with E-state index in [0.29, 0.717) is 5.56 Å². The molecule has 20 heavy (non-hydrogen) atoms. The van der Waals surface area contributed by atoms with Crippen LogP contribution in [-0.2, 0) is 0 Å². The molecule has 0 spiro atoms. The van der Waals surface area contributed by atoms with Crippen molar-refractivity contribution in [2.24, 2.45) is 0 Å². The predicted octanol–water partition coefficient (Wildman–Crippen LogP) is 3.82. The summed E-state index contributed by atoms with van der Waals surface area (Å²) in [6, 6.07) is 12.9. The van der Waals surface area contributed by atoms with Crippen LogP contribution in [0, 0.1) is 6.92 Å². The molecule has 0 saturated carbocycles. The minimum Gasteiger partial charge on any atom is -0.508 e. The highest BCUT2D eigenvalue weighted by molar-refractivity contribution is 5.40. The van der Waals surface area contributed by atoms with E-state index in [-0.39, 0.29) is 23.6 Å². The Labute approximate surface area is 119 Å². The molecular formula is C17H21NO2. The molecule has 0 radical (unpaired) electrons. The first-order valence-electron chi connectivity index (χ1n) is 6.82. The molecule has 0 saturated heterocycles. The van der Waals surface area contributed by atoms with Crippen LogP contribution >= 0.6 is 0 Å². The number of phenols is 2. The lowest BCUT2D eigenvalue weighted by molar-refractivity contribution is 0.429. The molecule has 0 aliphatic carbocycles. The summed E-state index contributed by atoms with van der Waals surface area (Å²) in [6.45, 7) is 6.16. The van der Waals surface area contributed by atoms with Crippen molar-refractivity contribution >= 4 is 0 Å². The molecule has 1 unspecified atom stereocenters. The van der Waals surface area contributed by atoms with E-state index < -0.39 is 0 Å². The SMILES string of the molecule is Cc1ccccc1[C@H](C)NC(C)c1cc(O)ccc1O. The van der Waals surface area contributed by atoms with Gasteiger partial charge in [-0.2, -0.15) is 0 Å².